The second-order valence-electron chi connectivity index (χ2n) is 5.66. The first-order valence-electron chi connectivity index (χ1n) is 7.97. The van der Waals surface area contributed by atoms with Gasteiger partial charge < -0.3 is 9.80 Å². The number of hydrogen-bond acceptors (Lipinski definition) is 3. The van der Waals surface area contributed by atoms with E-state index in [2.05, 4.69) is 55.3 Å². The molecule has 1 fully saturated rings. The lowest BCUT2D eigenvalue weighted by Crippen LogP contribution is -2.33. The fourth-order valence-electron chi connectivity index (χ4n) is 2.84. The molecule has 0 radical (unpaired) electrons. The van der Waals surface area contributed by atoms with Crippen molar-refractivity contribution in [2.75, 3.05) is 32.7 Å². The van der Waals surface area contributed by atoms with Gasteiger partial charge in [-0.2, -0.15) is 0 Å². The highest BCUT2D eigenvalue weighted by Gasteiger charge is 2.30. The molecule has 0 bridgehead atoms. The van der Waals surface area contributed by atoms with E-state index in [1.165, 1.54) is 11.1 Å². The summed E-state index contributed by atoms with van der Waals surface area (Å²) >= 11 is 0. The molecule has 0 spiro atoms. The fourth-order valence-corrected chi connectivity index (χ4v) is 2.84. The number of hydrogen-bond donors (Lipinski definition) is 1. The van der Waals surface area contributed by atoms with Crippen molar-refractivity contribution in [2.24, 2.45) is 0 Å². The fraction of sp³-hybridized carbons (Fsp3) is 0.588. The minimum atomic E-state index is 0.0369. The average molecular weight is 289 g/mol. The minimum Gasteiger partial charge on any atom is -0.322 e. The van der Waals surface area contributed by atoms with Crippen LogP contribution < -0.4 is 5.32 Å². The normalized spacial score (nSPS) is 18.8. The lowest BCUT2D eigenvalue weighted by Gasteiger charge is -2.26. The predicted molar refractivity (Wildman–Crippen MR) is 86.0 cm³/mol. The summed E-state index contributed by atoms with van der Waals surface area (Å²) in [7, 11) is 0. The Kier molecular flexibility index (Phi) is 5.76. The largest absolute Gasteiger partial charge is 0.322 e. The van der Waals surface area contributed by atoms with Crippen molar-refractivity contribution < 1.29 is 4.79 Å². The Hall–Kier alpha value is -1.39. The molecular formula is C17H27N3O. The second-order valence-corrected chi connectivity index (χ2v) is 5.66. The van der Waals surface area contributed by atoms with Crippen molar-refractivity contribution in [3.05, 3.63) is 35.4 Å². The van der Waals surface area contributed by atoms with E-state index in [0.29, 0.717) is 6.54 Å². The molecule has 0 aliphatic carbocycles. The molecule has 1 aliphatic rings. The maximum absolute atomic E-state index is 12.1. The number of aryl methyl sites for hydroxylation is 1. The molecule has 1 aliphatic heterocycles. The molecule has 1 aromatic rings. The van der Waals surface area contributed by atoms with E-state index in [-0.39, 0.29) is 12.1 Å². The summed E-state index contributed by atoms with van der Waals surface area (Å²) < 4.78 is 0. The Balaban J connectivity index is 1.95. The summed E-state index contributed by atoms with van der Waals surface area (Å²) in [4.78, 5) is 16.5. The van der Waals surface area contributed by atoms with Crippen LogP contribution in [0.1, 0.15) is 37.6 Å². The highest BCUT2D eigenvalue weighted by molar-refractivity contribution is 5.80. The third kappa shape index (κ3) is 4.05. The summed E-state index contributed by atoms with van der Waals surface area (Å²) in [5.74, 6) is 0.208. The van der Waals surface area contributed by atoms with Crippen LogP contribution in [-0.4, -0.2) is 48.4 Å². The van der Waals surface area contributed by atoms with Crippen molar-refractivity contribution in [1.82, 2.24) is 15.1 Å². The van der Waals surface area contributed by atoms with Crippen molar-refractivity contribution in [1.29, 1.82) is 0 Å². The summed E-state index contributed by atoms with van der Waals surface area (Å²) in [5, 5.41) is 3.32. The highest BCUT2D eigenvalue weighted by Crippen LogP contribution is 2.22. The third-order valence-corrected chi connectivity index (χ3v) is 4.24. The van der Waals surface area contributed by atoms with E-state index in [1.807, 2.05) is 4.90 Å². The number of carbonyl (C=O) groups is 1. The number of nitrogens with zero attached hydrogens (tertiary/aromatic N) is 2. The van der Waals surface area contributed by atoms with E-state index in [0.717, 1.165) is 32.6 Å². The first-order valence-corrected chi connectivity index (χ1v) is 7.97. The van der Waals surface area contributed by atoms with Crippen molar-refractivity contribution in [3.63, 3.8) is 0 Å². The van der Waals surface area contributed by atoms with Gasteiger partial charge in [-0.15, -0.1) is 0 Å². The Bertz CT molecular complexity index is 454. The molecule has 1 N–H and O–H groups in total. The number of amides is 1. The number of carbonyl (C=O) groups excluding carboxylic acids is 1. The smallest absolute Gasteiger partial charge is 0.238 e. The first-order chi connectivity index (χ1) is 10.2. The molecule has 1 heterocycles. The Morgan fingerprint density at radius 1 is 1.24 bits per heavy atom. The van der Waals surface area contributed by atoms with E-state index in [9.17, 15) is 4.79 Å². The highest BCUT2D eigenvalue weighted by atomic mass is 16.2. The van der Waals surface area contributed by atoms with Crippen LogP contribution in [-0.2, 0) is 4.79 Å². The summed E-state index contributed by atoms with van der Waals surface area (Å²) in [6.07, 6.45) is 1.06. The topological polar surface area (TPSA) is 35.6 Å². The van der Waals surface area contributed by atoms with Crippen LogP contribution >= 0.6 is 0 Å². The number of rotatable bonds is 7. The van der Waals surface area contributed by atoms with Crippen LogP contribution in [0.2, 0.25) is 0 Å². The molecule has 0 aromatic heterocycles. The molecule has 2 rings (SSSR count). The molecule has 4 heteroatoms. The molecule has 1 unspecified atom stereocenters. The zero-order valence-electron chi connectivity index (χ0n) is 13.4. The van der Waals surface area contributed by atoms with Crippen molar-refractivity contribution in [3.8, 4) is 0 Å². The van der Waals surface area contributed by atoms with Gasteiger partial charge in [0.2, 0.25) is 5.91 Å². The average Bonchev–Trinajstić information content (AvgIpc) is 2.86. The van der Waals surface area contributed by atoms with E-state index >= 15 is 0 Å². The van der Waals surface area contributed by atoms with Gasteiger partial charge in [-0.1, -0.05) is 43.7 Å². The first kappa shape index (κ1) is 16.0. The second kappa shape index (κ2) is 7.57. The van der Waals surface area contributed by atoms with E-state index in [1.54, 1.807) is 0 Å². The molecule has 1 atom stereocenters. The maximum Gasteiger partial charge on any atom is 0.238 e. The van der Waals surface area contributed by atoms with Crippen LogP contribution in [0.25, 0.3) is 0 Å². The molecule has 116 valence electrons. The molecule has 1 amide bonds. The van der Waals surface area contributed by atoms with Crippen LogP contribution in [0.15, 0.2) is 24.3 Å². The Morgan fingerprint density at radius 2 is 1.90 bits per heavy atom. The monoisotopic (exact) mass is 289 g/mol. The summed E-state index contributed by atoms with van der Waals surface area (Å²) in [6.45, 7) is 10.9. The van der Waals surface area contributed by atoms with Crippen LogP contribution in [0.5, 0.6) is 0 Å². The predicted octanol–water partition coefficient (Wildman–Crippen LogP) is 2.16. The quantitative estimate of drug-likeness (QED) is 0.835. The summed E-state index contributed by atoms with van der Waals surface area (Å²) in [5.41, 5.74) is 2.42. The third-order valence-electron chi connectivity index (χ3n) is 4.24. The minimum absolute atomic E-state index is 0.0369. The van der Waals surface area contributed by atoms with Gasteiger partial charge in [0.25, 0.3) is 0 Å². The van der Waals surface area contributed by atoms with Crippen LogP contribution in [0.3, 0.4) is 0 Å². The van der Waals surface area contributed by atoms with Gasteiger partial charge in [-0.3, -0.25) is 10.1 Å². The van der Waals surface area contributed by atoms with E-state index < -0.39 is 0 Å². The standard InChI is InChI=1S/C17H27N3O/c1-4-19(5-2)11-6-12-20-16(21)13-18-17(20)15-9-7-14(3)8-10-15/h7-10,17-18H,4-6,11-13H2,1-3H3. The number of benzene rings is 1. The molecule has 1 saturated heterocycles. The molecule has 21 heavy (non-hydrogen) atoms. The lowest BCUT2D eigenvalue weighted by molar-refractivity contribution is -0.128. The molecule has 0 saturated carbocycles. The maximum atomic E-state index is 12.1. The zero-order chi connectivity index (χ0) is 15.2. The lowest BCUT2D eigenvalue weighted by atomic mass is 10.1. The van der Waals surface area contributed by atoms with Crippen molar-refractivity contribution >= 4 is 5.91 Å². The molecular weight excluding hydrogens is 262 g/mol. The molecule has 1 aromatic carbocycles. The van der Waals surface area contributed by atoms with Gasteiger partial charge in [0.1, 0.15) is 6.17 Å². The van der Waals surface area contributed by atoms with Crippen LogP contribution in [0, 0.1) is 6.92 Å². The number of nitrogens with one attached hydrogen (secondary N) is 1. The van der Waals surface area contributed by atoms with Crippen molar-refractivity contribution in [2.45, 2.75) is 33.4 Å². The van der Waals surface area contributed by atoms with Gasteiger partial charge in [0, 0.05) is 6.54 Å². The molecule has 4 nitrogen and oxygen atoms in total. The Morgan fingerprint density at radius 3 is 2.52 bits per heavy atom. The summed E-state index contributed by atoms with van der Waals surface area (Å²) in [6, 6.07) is 8.44. The zero-order valence-corrected chi connectivity index (χ0v) is 13.4. The SMILES string of the molecule is CCN(CC)CCCN1C(=O)CNC1c1ccc(C)cc1. The van der Waals surface area contributed by atoms with E-state index in [4.69, 9.17) is 0 Å². The van der Waals surface area contributed by atoms with Gasteiger partial charge >= 0.3 is 0 Å². The van der Waals surface area contributed by atoms with Crippen LogP contribution in [0.4, 0.5) is 0 Å². The Labute approximate surface area is 128 Å². The van der Waals surface area contributed by atoms with Gasteiger partial charge in [0.05, 0.1) is 6.54 Å². The van der Waals surface area contributed by atoms with Gasteiger partial charge in [-0.05, 0) is 38.5 Å². The van der Waals surface area contributed by atoms with Gasteiger partial charge in [0.15, 0.2) is 0 Å². The van der Waals surface area contributed by atoms with Gasteiger partial charge in [-0.25, -0.2) is 0 Å².